The molecule has 0 aliphatic heterocycles. The molecule has 0 fully saturated rings. The fraction of sp³-hybridized carbons (Fsp3) is 0.897. The van der Waals surface area contributed by atoms with Gasteiger partial charge in [-0.2, -0.15) is 0 Å². The summed E-state index contributed by atoms with van der Waals surface area (Å²) >= 11 is 0. The summed E-state index contributed by atoms with van der Waals surface area (Å²) in [5.74, 6) is -0.0483. The van der Waals surface area contributed by atoms with Crippen molar-refractivity contribution in [3.05, 3.63) is 36.5 Å². The van der Waals surface area contributed by atoms with Gasteiger partial charge in [-0.25, -0.2) is 0 Å². The number of hydrogen-bond donors (Lipinski definition) is 3. The number of allylic oxidation sites excluding steroid dienone is 5. The molecular weight excluding hydrogens is 1030 g/mol. The number of carbonyl (C=O) groups is 2. The summed E-state index contributed by atoms with van der Waals surface area (Å²) in [6, 6.07) is -0.625. The summed E-state index contributed by atoms with van der Waals surface area (Å²) in [4.78, 5) is 24.6. The molecular formula is C78H149NO5. The molecule has 0 spiro atoms. The molecule has 0 aromatic carbocycles. The Morgan fingerprint density at radius 1 is 0.321 bits per heavy atom. The van der Waals surface area contributed by atoms with Crippen LogP contribution in [0.3, 0.4) is 0 Å². The monoisotopic (exact) mass is 1180 g/mol. The van der Waals surface area contributed by atoms with Crippen LogP contribution in [0, 0.1) is 0 Å². The molecule has 2 unspecified atom stereocenters. The van der Waals surface area contributed by atoms with E-state index >= 15 is 0 Å². The first-order chi connectivity index (χ1) is 41.5. The normalized spacial score (nSPS) is 12.7. The van der Waals surface area contributed by atoms with Crippen molar-refractivity contribution in [2.75, 3.05) is 13.2 Å². The molecule has 0 aromatic heterocycles. The van der Waals surface area contributed by atoms with Gasteiger partial charge in [0.05, 0.1) is 25.4 Å². The first-order valence-corrected chi connectivity index (χ1v) is 38.3. The van der Waals surface area contributed by atoms with Crippen LogP contribution in [0.1, 0.15) is 425 Å². The minimum Gasteiger partial charge on any atom is -0.466 e. The van der Waals surface area contributed by atoms with Gasteiger partial charge in [0.1, 0.15) is 0 Å². The van der Waals surface area contributed by atoms with Crippen LogP contribution < -0.4 is 5.32 Å². The van der Waals surface area contributed by atoms with Gasteiger partial charge < -0.3 is 20.3 Å². The number of ether oxygens (including phenoxy) is 1. The molecule has 0 aliphatic rings. The van der Waals surface area contributed by atoms with E-state index in [4.69, 9.17) is 4.74 Å². The van der Waals surface area contributed by atoms with Crippen molar-refractivity contribution in [3.8, 4) is 0 Å². The van der Waals surface area contributed by atoms with Crippen molar-refractivity contribution in [2.24, 2.45) is 0 Å². The molecule has 0 bridgehead atoms. The highest BCUT2D eigenvalue weighted by Crippen LogP contribution is 2.19. The van der Waals surface area contributed by atoms with Crippen LogP contribution in [-0.2, 0) is 14.3 Å². The van der Waals surface area contributed by atoms with Gasteiger partial charge in [0.25, 0.3) is 0 Å². The number of hydrogen-bond acceptors (Lipinski definition) is 5. The van der Waals surface area contributed by atoms with Crippen molar-refractivity contribution >= 4 is 11.9 Å². The van der Waals surface area contributed by atoms with Crippen molar-refractivity contribution in [1.82, 2.24) is 5.32 Å². The van der Waals surface area contributed by atoms with Crippen LogP contribution in [-0.4, -0.2) is 47.4 Å². The number of nitrogens with one attached hydrogen (secondary N) is 1. The Balaban J connectivity index is 3.35. The van der Waals surface area contributed by atoms with Crippen molar-refractivity contribution in [2.45, 2.75) is 437 Å². The highest BCUT2D eigenvalue weighted by Gasteiger charge is 2.18. The summed E-state index contributed by atoms with van der Waals surface area (Å²) in [7, 11) is 0. The lowest BCUT2D eigenvalue weighted by Gasteiger charge is -2.20. The van der Waals surface area contributed by atoms with Gasteiger partial charge >= 0.3 is 5.97 Å². The smallest absolute Gasteiger partial charge is 0.305 e. The zero-order valence-corrected chi connectivity index (χ0v) is 56.9. The maximum absolute atomic E-state index is 12.5. The topological polar surface area (TPSA) is 95.9 Å². The van der Waals surface area contributed by atoms with Gasteiger partial charge in [-0.05, 0) is 83.5 Å². The maximum atomic E-state index is 12.5. The zero-order valence-electron chi connectivity index (χ0n) is 56.9. The second-order valence-corrected chi connectivity index (χ2v) is 26.3. The molecule has 1 amide bonds. The van der Waals surface area contributed by atoms with E-state index in [9.17, 15) is 19.8 Å². The Labute approximate surface area is 525 Å². The van der Waals surface area contributed by atoms with Gasteiger partial charge in [-0.3, -0.25) is 9.59 Å². The van der Waals surface area contributed by atoms with E-state index in [2.05, 4.69) is 43.5 Å². The molecule has 0 rings (SSSR count). The van der Waals surface area contributed by atoms with E-state index in [1.54, 1.807) is 6.08 Å². The Morgan fingerprint density at radius 3 is 0.857 bits per heavy atom. The molecule has 0 radical (unpaired) electrons. The van der Waals surface area contributed by atoms with Crippen LogP contribution in [0.5, 0.6) is 0 Å². The molecule has 84 heavy (non-hydrogen) atoms. The number of aliphatic hydroxyl groups is 2. The summed E-state index contributed by atoms with van der Waals surface area (Å²) in [6.07, 6.45) is 95.5. The highest BCUT2D eigenvalue weighted by atomic mass is 16.5. The number of amides is 1. The average Bonchev–Trinajstić information content (AvgIpc) is 3.51. The van der Waals surface area contributed by atoms with Crippen LogP contribution in [0.15, 0.2) is 36.5 Å². The number of aliphatic hydroxyl groups excluding tert-OH is 2. The Bertz CT molecular complexity index is 1360. The molecule has 6 heteroatoms. The van der Waals surface area contributed by atoms with Crippen molar-refractivity contribution in [1.29, 1.82) is 0 Å². The summed E-state index contributed by atoms with van der Waals surface area (Å²) in [6.45, 7) is 4.92. The SMILES string of the molecule is CCCCCC/C=C\CCCCCCCC(=O)OCCCCCCCCCCCCCCCCCC/C=C\CCCCCCCCCCCCCCCCCCCC(=O)NC(CO)C(O)/C=C/CCCCCCCCCCCCCCCCC. The standard InChI is InChI=1S/C78H149NO5/c1-3-5-7-9-11-13-15-17-18-40-43-47-50-54-58-62-66-70-76(81)75(74-80)79-77(82)71-67-63-59-55-51-48-44-41-38-36-34-32-30-28-26-24-22-20-19-21-23-25-27-29-31-33-35-37-39-42-45-49-53-57-61-65-69-73-84-78(83)72-68-64-60-56-52-46-16-14-12-10-8-6-4-2/h14,16,19,21,66,70,75-76,80-81H,3-13,15,17-18,20,22-65,67-69,71-74H2,1-2H3,(H,79,82)/b16-14-,21-19-,70-66+. The molecule has 496 valence electrons. The van der Waals surface area contributed by atoms with E-state index in [0.717, 1.165) is 44.9 Å². The number of carbonyl (C=O) groups excluding carboxylic acids is 2. The predicted octanol–water partition coefficient (Wildman–Crippen LogP) is 25.0. The van der Waals surface area contributed by atoms with E-state index in [0.29, 0.717) is 19.4 Å². The highest BCUT2D eigenvalue weighted by molar-refractivity contribution is 5.76. The number of esters is 1. The second kappa shape index (κ2) is 73.5. The van der Waals surface area contributed by atoms with E-state index in [1.807, 2.05) is 6.08 Å². The van der Waals surface area contributed by atoms with E-state index in [1.165, 1.54) is 353 Å². The molecule has 2 atom stereocenters. The first kappa shape index (κ1) is 82.1. The summed E-state index contributed by atoms with van der Waals surface area (Å²) < 4.78 is 5.49. The molecule has 0 saturated carbocycles. The molecule has 0 saturated heterocycles. The van der Waals surface area contributed by atoms with Crippen LogP contribution in [0.4, 0.5) is 0 Å². The van der Waals surface area contributed by atoms with Gasteiger partial charge in [0.15, 0.2) is 0 Å². The fourth-order valence-electron chi connectivity index (χ4n) is 12.0. The lowest BCUT2D eigenvalue weighted by atomic mass is 10.0. The molecule has 0 aromatic rings. The minimum absolute atomic E-state index is 0.0124. The van der Waals surface area contributed by atoms with E-state index < -0.39 is 12.1 Å². The predicted molar refractivity (Wildman–Crippen MR) is 370 cm³/mol. The third kappa shape index (κ3) is 69.2. The van der Waals surface area contributed by atoms with Gasteiger partial charge in [0.2, 0.25) is 5.91 Å². The fourth-order valence-corrected chi connectivity index (χ4v) is 12.0. The van der Waals surface area contributed by atoms with Gasteiger partial charge in [-0.15, -0.1) is 0 Å². The second-order valence-electron chi connectivity index (χ2n) is 26.3. The molecule has 0 heterocycles. The van der Waals surface area contributed by atoms with Crippen LogP contribution in [0.2, 0.25) is 0 Å². The largest absolute Gasteiger partial charge is 0.466 e. The van der Waals surface area contributed by atoms with Crippen molar-refractivity contribution < 1.29 is 24.5 Å². The third-order valence-electron chi connectivity index (χ3n) is 17.9. The van der Waals surface area contributed by atoms with Gasteiger partial charge in [-0.1, -0.05) is 365 Å². The Morgan fingerprint density at radius 2 is 0.560 bits per heavy atom. The zero-order chi connectivity index (χ0) is 60.6. The average molecular weight is 1180 g/mol. The number of rotatable bonds is 72. The van der Waals surface area contributed by atoms with Crippen LogP contribution >= 0.6 is 0 Å². The van der Waals surface area contributed by atoms with E-state index in [-0.39, 0.29) is 18.5 Å². The number of unbranched alkanes of at least 4 members (excludes halogenated alkanes) is 57. The van der Waals surface area contributed by atoms with Crippen LogP contribution in [0.25, 0.3) is 0 Å². The Hall–Kier alpha value is -1.92. The lowest BCUT2D eigenvalue weighted by Crippen LogP contribution is -2.45. The molecule has 6 nitrogen and oxygen atoms in total. The third-order valence-corrected chi connectivity index (χ3v) is 17.9. The van der Waals surface area contributed by atoms with Crippen molar-refractivity contribution in [3.63, 3.8) is 0 Å². The summed E-state index contributed by atoms with van der Waals surface area (Å²) in [5.41, 5.74) is 0. The quantitative estimate of drug-likeness (QED) is 0.0320. The summed E-state index contributed by atoms with van der Waals surface area (Å²) in [5, 5.41) is 23.2. The first-order valence-electron chi connectivity index (χ1n) is 38.3. The maximum Gasteiger partial charge on any atom is 0.305 e. The molecule has 3 N–H and O–H groups in total. The lowest BCUT2D eigenvalue weighted by molar-refractivity contribution is -0.143. The van der Waals surface area contributed by atoms with Gasteiger partial charge in [0, 0.05) is 12.8 Å². The minimum atomic E-state index is -0.842. The molecule has 0 aliphatic carbocycles. The Kier molecular flexibility index (Phi) is 71.9.